The lowest BCUT2D eigenvalue weighted by Crippen LogP contribution is -2.55. The summed E-state index contributed by atoms with van der Waals surface area (Å²) < 4.78 is 10.6. The zero-order valence-corrected chi connectivity index (χ0v) is 10.6. The predicted molar refractivity (Wildman–Crippen MR) is 60.6 cm³/mol. The second-order valence-corrected chi connectivity index (χ2v) is 5.72. The topological polar surface area (TPSA) is 55.8 Å². The maximum atomic E-state index is 11.9. The Hall–Kier alpha value is -1.10. The Kier molecular flexibility index (Phi) is 3.12. The lowest BCUT2D eigenvalue weighted by molar-refractivity contribution is -0.144. The molecule has 2 rings (SSSR count). The molecule has 2 aliphatic heterocycles. The molecule has 5 heteroatoms. The standard InChI is InChI=1S/C12H19NO4/c1-12(2,3)17-11(15)13-4-8-6-16-7-9(5-13)10(8)14/h8-9H,4-7H2,1-3H3/t8-,9-/m0/s1. The Morgan fingerprint density at radius 3 is 2.29 bits per heavy atom. The summed E-state index contributed by atoms with van der Waals surface area (Å²) in [7, 11) is 0. The van der Waals surface area contributed by atoms with Crippen LogP contribution in [-0.4, -0.2) is 48.7 Å². The summed E-state index contributed by atoms with van der Waals surface area (Å²) >= 11 is 0. The van der Waals surface area contributed by atoms with Crippen LogP contribution in [0.15, 0.2) is 0 Å². The summed E-state index contributed by atoms with van der Waals surface area (Å²) in [6.45, 7) is 7.20. The molecular weight excluding hydrogens is 222 g/mol. The molecule has 2 saturated heterocycles. The number of nitrogens with zero attached hydrogens (tertiary/aromatic N) is 1. The van der Waals surface area contributed by atoms with Crippen molar-refractivity contribution in [3.63, 3.8) is 0 Å². The number of carbonyl (C=O) groups is 2. The molecule has 0 saturated carbocycles. The Bertz CT molecular complexity index is 318. The van der Waals surface area contributed by atoms with E-state index in [0.29, 0.717) is 26.3 Å². The van der Waals surface area contributed by atoms with Gasteiger partial charge in [-0.05, 0) is 20.8 Å². The predicted octanol–water partition coefficient (Wildman–Crippen LogP) is 1.07. The van der Waals surface area contributed by atoms with Crippen molar-refractivity contribution in [1.29, 1.82) is 0 Å². The monoisotopic (exact) mass is 241 g/mol. The number of hydrogen-bond acceptors (Lipinski definition) is 4. The van der Waals surface area contributed by atoms with Crippen LogP contribution in [-0.2, 0) is 14.3 Å². The van der Waals surface area contributed by atoms with Gasteiger partial charge < -0.3 is 14.4 Å². The minimum Gasteiger partial charge on any atom is -0.444 e. The molecule has 0 aromatic carbocycles. The van der Waals surface area contributed by atoms with Gasteiger partial charge in [0.25, 0.3) is 0 Å². The number of likely N-dealkylation sites (tertiary alicyclic amines) is 1. The van der Waals surface area contributed by atoms with Gasteiger partial charge in [0.2, 0.25) is 0 Å². The van der Waals surface area contributed by atoms with Crippen molar-refractivity contribution in [2.45, 2.75) is 26.4 Å². The number of fused-ring (bicyclic) bond motifs is 2. The van der Waals surface area contributed by atoms with Crippen molar-refractivity contribution < 1.29 is 19.1 Å². The number of ketones is 1. The largest absolute Gasteiger partial charge is 0.444 e. The Morgan fingerprint density at radius 1 is 1.29 bits per heavy atom. The fourth-order valence-corrected chi connectivity index (χ4v) is 2.22. The number of hydrogen-bond donors (Lipinski definition) is 0. The van der Waals surface area contributed by atoms with Crippen LogP contribution in [0.2, 0.25) is 0 Å². The Labute approximate surface area is 101 Å². The van der Waals surface area contributed by atoms with Gasteiger partial charge in [0.05, 0.1) is 25.0 Å². The molecule has 2 aliphatic rings. The molecule has 5 nitrogen and oxygen atoms in total. The third-order valence-electron chi connectivity index (χ3n) is 2.98. The van der Waals surface area contributed by atoms with Crippen molar-refractivity contribution in [2.24, 2.45) is 11.8 Å². The van der Waals surface area contributed by atoms with Crippen molar-refractivity contribution >= 4 is 11.9 Å². The summed E-state index contributed by atoms with van der Waals surface area (Å²) in [5.74, 6) is -0.110. The maximum absolute atomic E-state index is 11.9. The average molecular weight is 241 g/mol. The molecule has 1 amide bonds. The highest BCUT2D eigenvalue weighted by Gasteiger charge is 2.41. The van der Waals surface area contributed by atoms with E-state index in [4.69, 9.17) is 9.47 Å². The molecule has 0 aromatic rings. The number of amides is 1. The van der Waals surface area contributed by atoms with E-state index in [1.54, 1.807) is 4.90 Å². The highest BCUT2D eigenvalue weighted by molar-refractivity contribution is 5.87. The lowest BCUT2D eigenvalue weighted by atomic mass is 9.87. The van der Waals surface area contributed by atoms with E-state index >= 15 is 0 Å². The van der Waals surface area contributed by atoms with Crippen LogP contribution in [0.25, 0.3) is 0 Å². The fraction of sp³-hybridized carbons (Fsp3) is 0.833. The fourth-order valence-electron chi connectivity index (χ4n) is 2.22. The SMILES string of the molecule is CC(C)(C)OC(=O)N1C[C@H]2COC[C@H](C1)C2=O. The first-order chi connectivity index (χ1) is 7.87. The molecule has 2 fully saturated rings. The van der Waals surface area contributed by atoms with Crippen LogP contribution in [0.3, 0.4) is 0 Å². The highest BCUT2D eigenvalue weighted by Crippen LogP contribution is 2.25. The molecule has 0 spiro atoms. The van der Waals surface area contributed by atoms with Gasteiger partial charge in [-0.2, -0.15) is 0 Å². The van der Waals surface area contributed by atoms with E-state index in [2.05, 4.69) is 0 Å². The van der Waals surface area contributed by atoms with Crippen molar-refractivity contribution in [1.82, 2.24) is 4.90 Å². The molecule has 96 valence electrons. The second kappa shape index (κ2) is 4.29. The zero-order valence-electron chi connectivity index (χ0n) is 10.6. The summed E-state index contributed by atoms with van der Waals surface area (Å²) in [5.41, 5.74) is -0.496. The van der Waals surface area contributed by atoms with E-state index < -0.39 is 5.60 Å². The van der Waals surface area contributed by atoms with E-state index in [1.807, 2.05) is 20.8 Å². The van der Waals surface area contributed by atoms with Gasteiger partial charge in [-0.25, -0.2) is 4.79 Å². The average Bonchev–Trinajstić information content (AvgIpc) is 2.13. The highest BCUT2D eigenvalue weighted by atomic mass is 16.6. The van der Waals surface area contributed by atoms with E-state index in [-0.39, 0.29) is 23.7 Å². The third-order valence-corrected chi connectivity index (χ3v) is 2.98. The Balaban J connectivity index is 2.00. The van der Waals surface area contributed by atoms with Crippen molar-refractivity contribution in [2.75, 3.05) is 26.3 Å². The molecule has 2 bridgehead atoms. The van der Waals surface area contributed by atoms with E-state index in [9.17, 15) is 9.59 Å². The molecule has 0 N–H and O–H groups in total. The Morgan fingerprint density at radius 2 is 1.82 bits per heavy atom. The number of rotatable bonds is 0. The maximum Gasteiger partial charge on any atom is 0.410 e. The van der Waals surface area contributed by atoms with Gasteiger partial charge in [0.15, 0.2) is 0 Å². The zero-order chi connectivity index (χ0) is 12.6. The summed E-state index contributed by atoms with van der Waals surface area (Å²) in [6.07, 6.45) is -0.332. The minimum atomic E-state index is -0.496. The van der Waals surface area contributed by atoms with E-state index in [1.165, 1.54) is 0 Å². The molecule has 0 aliphatic carbocycles. The summed E-state index contributed by atoms with van der Waals surface area (Å²) in [5, 5.41) is 0. The van der Waals surface area contributed by atoms with Crippen molar-refractivity contribution in [3.05, 3.63) is 0 Å². The normalized spacial score (nSPS) is 29.1. The molecule has 17 heavy (non-hydrogen) atoms. The smallest absolute Gasteiger partial charge is 0.410 e. The molecule has 2 heterocycles. The van der Waals surface area contributed by atoms with Crippen LogP contribution in [0.5, 0.6) is 0 Å². The quantitative estimate of drug-likeness (QED) is 0.636. The molecule has 0 unspecified atom stereocenters. The van der Waals surface area contributed by atoms with Crippen molar-refractivity contribution in [3.8, 4) is 0 Å². The van der Waals surface area contributed by atoms with Gasteiger partial charge >= 0.3 is 6.09 Å². The molecular formula is C12H19NO4. The van der Waals surface area contributed by atoms with E-state index in [0.717, 1.165) is 0 Å². The first-order valence-electron chi connectivity index (χ1n) is 5.96. The molecule has 2 atom stereocenters. The van der Waals surface area contributed by atoms with Crippen LogP contribution < -0.4 is 0 Å². The van der Waals surface area contributed by atoms with Crippen LogP contribution in [0, 0.1) is 11.8 Å². The van der Waals surface area contributed by atoms with Gasteiger partial charge in [0, 0.05) is 13.1 Å². The number of piperidine rings is 1. The van der Waals surface area contributed by atoms with Gasteiger partial charge in [0.1, 0.15) is 11.4 Å². The minimum absolute atomic E-state index is 0.171. The molecule has 0 radical (unpaired) electrons. The third kappa shape index (κ3) is 2.77. The first kappa shape index (κ1) is 12.4. The van der Waals surface area contributed by atoms with Gasteiger partial charge in [-0.15, -0.1) is 0 Å². The van der Waals surface area contributed by atoms with Crippen LogP contribution in [0.1, 0.15) is 20.8 Å². The number of Topliss-reactive ketones (excluding diaryl/α,β-unsaturated/α-hetero) is 1. The second-order valence-electron chi connectivity index (χ2n) is 5.72. The molecule has 0 aromatic heterocycles. The first-order valence-corrected chi connectivity index (χ1v) is 5.96. The van der Waals surface area contributed by atoms with Gasteiger partial charge in [-0.1, -0.05) is 0 Å². The number of ether oxygens (including phenoxy) is 2. The lowest BCUT2D eigenvalue weighted by Gasteiger charge is -2.40. The van der Waals surface area contributed by atoms with Crippen LogP contribution >= 0.6 is 0 Å². The summed E-state index contributed by atoms with van der Waals surface area (Å²) in [4.78, 5) is 25.3. The van der Waals surface area contributed by atoms with Gasteiger partial charge in [-0.3, -0.25) is 4.79 Å². The summed E-state index contributed by atoms with van der Waals surface area (Å²) in [6, 6.07) is 0. The van der Waals surface area contributed by atoms with Crippen LogP contribution in [0.4, 0.5) is 4.79 Å². The number of carbonyl (C=O) groups excluding carboxylic acids is 2.